The van der Waals surface area contributed by atoms with Crippen LogP contribution in [0.4, 0.5) is 5.69 Å². The van der Waals surface area contributed by atoms with Crippen molar-refractivity contribution in [1.29, 1.82) is 0 Å². The van der Waals surface area contributed by atoms with Crippen molar-refractivity contribution in [2.24, 2.45) is 0 Å². The normalized spacial score (nSPS) is 12.4. The number of carbonyl (C=O) groups is 3. The average Bonchev–Trinajstić information content (AvgIpc) is 2.97. The number of rotatable bonds is 6. The van der Waals surface area contributed by atoms with Crippen LogP contribution in [0, 0.1) is 0 Å². The first-order chi connectivity index (χ1) is 11.6. The molecule has 1 aromatic heterocycles. The second-order valence-corrected chi connectivity index (χ2v) is 5.65. The highest BCUT2D eigenvalue weighted by atomic mass is 16.2. The Morgan fingerprint density at radius 2 is 1.92 bits per heavy atom. The van der Waals surface area contributed by atoms with Crippen molar-refractivity contribution in [2.45, 2.75) is 25.8 Å². The number of Topliss-reactive ketones (excluding diaryl/α,β-unsaturated/α-hetero) is 1. The first-order valence-corrected chi connectivity index (χ1v) is 7.73. The van der Waals surface area contributed by atoms with Gasteiger partial charge in [0, 0.05) is 43.0 Å². The number of hydrogen-bond acceptors (Lipinski definition) is 4. The van der Waals surface area contributed by atoms with E-state index in [1.165, 1.54) is 0 Å². The van der Waals surface area contributed by atoms with Crippen LogP contribution in [0.1, 0.15) is 34.3 Å². The third-order valence-electron chi connectivity index (χ3n) is 3.87. The van der Waals surface area contributed by atoms with Gasteiger partial charge in [-0.15, -0.1) is 0 Å². The highest BCUT2D eigenvalue weighted by molar-refractivity contribution is 6.02. The van der Waals surface area contributed by atoms with Crippen molar-refractivity contribution in [1.82, 2.24) is 10.3 Å². The zero-order valence-corrected chi connectivity index (χ0v) is 13.0. The second kappa shape index (κ2) is 7.04. The standard InChI is InChI=1S/C18H17N3O3/c22-16(13-1-2-15-14(9-13)10-18(24)21-15)3-4-17(23)20-11-12-5-7-19-8-6-12/h1-2,5-9H,3-4,10-11H2,(H,20,23)(H,21,24). The largest absolute Gasteiger partial charge is 0.352 e. The minimum Gasteiger partial charge on any atom is -0.352 e. The van der Waals surface area contributed by atoms with E-state index in [1.807, 2.05) is 12.1 Å². The molecule has 0 aliphatic carbocycles. The fourth-order valence-corrected chi connectivity index (χ4v) is 2.56. The lowest BCUT2D eigenvalue weighted by molar-refractivity contribution is -0.121. The molecule has 2 heterocycles. The molecule has 24 heavy (non-hydrogen) atoms. The van der Waals surface area contributed by atoms with Crippen LogP contribution in [0.3, 0.4) is 0 Å². The molecular formula is C18H17N3O3. The quantitative estimate of drug-likeness (QED) is 0.794. The molecule has 0 bridgehead atoms. The zero-order chi connectivity index (χ0) is 16.9. The summed E-state index contributed by atoms with van der Waals surface area (Å²) < 4.78 is 0. The Kier molecular flexibility index (Phi) is 4.65. The van der Waals surface area contributed by atoms with E-state index >= 15 is 0 Å². The fourth-order valence-electron chi connectivity index (χ4n) is 2.56. The molecule has 0 spiro atoms. The molecular weight excluding hydrogens is 306 g/mol. The maximum atomic E-state index is 12.2. The van der Waals surface area contributed by atoms with Crippen molar-refractivity contribution in [2.75, 3.05) is 5.32 Å². The van der Waals surface area contributed by atoms with E-state index < -0.39 is 0 Å². The lowest BCUT2D eigenvalue weighted by Crippen LogP contribution is -2.23. The number of aromatic nitrogens is 1. The number of amides is 2. The molecule has 6 heteroatoms. The zero-order valence-electron chi connectivity index (χ0n) is 13.0. The average molecular weight is 323 g/mol. The number of nitrogens with one attached hydrogen (secondary N) is 2. The lowest BCUT2D eigenvalue weighted by atomic mass is 10.0. The van der Waals surface area contributed by atoms with Crippen LogP contribution >= 0.6 is 0 Å². The Labute approximate surface area is 139 Å². The Morgan fingerprint density at radius 3 is 2.71 bits per heavy atom. The van der Waals surface area contributed by atoms with Crippen molar-refractivity contribution in [3.05, 3.63) is 59.4 Å². The number of benzene rings is 1. The summed E-state index contributed by atoms with van der Waals surface area (Å²) in [4.78, 5) is 39.3. The van der Waals surface area contributed by atoms with Crippen LogP contribution in [0.15, 0.2) is 42.7 Å². The molecule has 2 amide bonds. The lowest BCUT2D eigenvalue weighted by Gasteiger charge is -2.06. The molecule has 0 fully saturated rings. The highest BCUT2D eigenvalue weighted by Gasteiger charge is 2.19. The predicted molar refractivity (Wildman–Crippen MR) is 88.4 cm³/mol. The van der Waals surface area contributed by atoms with Crippen molar-refractivity contribution in [3.63, 3.8) is 0 Å². The minimum atomic E-state index is -0.168. The number of fused-ring (bicyclic) bond motifs is 1. The molecule has 0 radical (unpaired) electrons. The molecule has 1 aliphatic rings. The molecule has 0 saturated carbocycles. The van der Waals surface area contributed by atoms with E-state index in [0.29, 0.717) is 18.5 Å². The number of carbonyl (C=O) groups excluding carboxylic acids is 3. The van der Waals surface area contributed by atoms with Crippen molar-refractivity contribution in [3.8, 4) is 0 Å². The monoisotopic (exact) mass is 323 g/mol. The molecule has 0 unspecified atom stereocenters. The van der Waals surface area contributed by atoms with E-state index in [-0.39, 0.29) is 30.4 Å². The smallest absolute Gasteiger partial charge is 0.228 e. The Bertz CT molecular complexity index is 787. The van der Waals surface area contributed by atoms with Gasteiger partial charge in [-0.2, -0.15) is 0 Å². The summed E-state index contributed by atoms with van der Waals surface area (Å²) in [5.41, 5.74) is 3.08. The van der Waals surface area contributed by atoms with Crippen LogP contribution in [-0.2, 0) is 22.6 Å². The van der Waals surface area contributed by atoms with E-state index in [0.717, 1.165) is 16.8 Å². The van der Waals surface area contributed by atoms with Gasteiger partial charge in [0.05, 0.1) is 6.42 Å². The van der Waals surface area contributed by atoms with Gasteiger partial charge in [0.2, 0.25) is 11.8 Å². The van der Waals surface area contributed by atoms with E-state index in [9.17, 15) is 14.4 Å². The summed E-state index contributed by atoms with van der Waals surface area (Å²) in [6.07, 6.45) is 3.90. The molecule has 2 N–H and O–H groups in total. The van der Waals surface area contributed by atoms with Crippen LogP contribution in [0.5, 0.6) is 0 Å². The van der Waals surface area contributed by atoms with Gasteiger partial charge in [0.25, 0.3) is 0 Å². The SMILES string of the molecule is O=C(CCC(=O)c1ccc2c(c1)CC(=O)N2)NCc1ccncc1. The van der Waals surface area contributed by atoms with Gasteiger partial charge in [-0.05, 0) is 41.5 Å². The number of nitrogens with zero attached hydrogens (tertiary/aromatic N) is 1. The van der Waals surface area contributed by atoms with Gasteiger partial charge in [-0.25, -0.2) is 0 Å². The predicted octanol–water partition coefficient (Wildman–Crippen LogP) is 1.86. The van der Waals surface area contributed by atoms with Gasteiger partial charge in [0.1, 0.15) is 0 Å². The molecule has 1 aromatic carbocycles. The van der Waals surface area contributed by atoms with Crippen LogP contribution in [-0.4, -0.2) is 22.6 Å². The first-order valence-electron chi connectivity index (χ1n) is 7.73. The maximum absolute atomic E-state index is 12.2. The van der Waals surface area contributed by atoms with E-state index in [1.54, 1.807) is 30.6 Å². The third kappa shape index (κ3) is 3.84. The van der Waals surface area contributed by atoms with E-state index in [4.69, 9.17) is 0 Å². The summed E-state index contributed by atoms with van der Waals surface area (Å²) in [6.45, 7) is 0.419. The third-order valence-corrected chi connectivity index (χ3v) is 3.87. The first kappa shape index (κ1) is 15.9. The summed E-state index contributed by atoms with van der Waals surface area (Å²) in [5, 5.41) is 5.51. The number of hydrogen-bond donors (Lipinski definition) is 2. The number of ketones is 1. The van der Waals surface area contributed by atoms with Gasteiger partial charge < -0.3 is 10.6 Å². The summed E-state index contributed by atoms with van der Waals surface area (Å²) in [5.74, 6) is -0.334. The van der Waals surface area contributed by atoms with Crippen LogP contribution in [0.2, 0.25) is 0 Å². The van der Waals surface area contributed by atoms with Gasteiger partial charge in [-0.3, -0.25) is 19.4 Å². The van der Waals surface area contributed by atoms with Crippen molar-refractivity contribution >= 4 is 23.3 Å². The molecule has 0 saturated heterocycles. The Balaban J connectivity index is 1.49. The Hall–Kier alpha value is -3.02. The molecule has 1 aliphatic heterocycles. The maximum Gasteiger partial charge on any atom is 0.228 e. The molecule has 2 aromatic rings. The molecule has 122 valence electrons. The van der Waals surface area contributed by atoms with Crippen LogP contribution in [0.25, 0.3) is 0 Å². The van der Waals surface area contributed by atoms with Gasteiger partial charge in [-0.1, -0.05) is 0 Å². The Morgan fingerprint density at radius 1 is 1.12 bits per heavy atom. The summed E-state index contributed by atoms with van der Waals surface area (Å²) in [6, 6.07) is 8.79. The van der Waals surface area contributed by atoms with Gasteiger partial charge in [0.15, 0.2) is 5.78 Å². The fraction of sp³-hybridized carbons (Fsp3) is 0.222. The topological polar surface area (TPSA) is 88.2 Å². The van der Waals surface area contributed by atoms with Gasteiger partial charge >= 0.3 is 0 Å². The molecule has 6 nitrogen and oxygen atoms in total. The minimum absolute atomic E-state index is 0.0647. The number of anilines is 1. The highest BCUT2D eigenvalue weighted by Crippen LogP contribution is 2.24. The van der Waals surface area contributed by atoms with E-state index in [2.05, 4.69) is 15.6 Å². The number of pyridine rings is 1. The molecule has 3 rings (SSSR count). The van der Waals surface area contributed by atoms with Crippen molar-refractivity contribution < 1.29 is 14.4 Å². The second-order valence-electron chi connectivity index (χ2n) is 5.65. The summed E-state index contributed by atoms with van der Waals surface area (Å²) in [7, 11) is 0. The molecule has 0 atom stereocenters. The van der Waals surface area contributed by atoms with Crippen LogP contribution < -0.4 is 10.6 Å². The summed E-state index contributed by atoms with van der Waals surface area (Å²) >= 11 is 0.